The lowest BCUT2D eigenvalue weighted by Crippen LogP contribution is -2.61. The van der Waals surface area contributed by atoms with Crippen LogP contribution in [0, 0.1) is 5.92 Å². The highest BCUT2D eigenvalue weighted by Crippen LogP contribution is 2.40. The number of hydrogen-bond donors (Lipinski definition) is 0. The highest BCUT2D eigenvalue weighted by Gasteiger charge is 2.45. The van der Waals surface area contributed by atoms with Gasteiger partial charge in [-0.15, -0.1) is 0 Å². The maximum absolute atomic E-state index is 13.1. The largest absolute Gasteiger partial charge is 0.333 e. The fourth-order valence-electron chi connectivity index (χ4n) is 5.22. The van der Waals surface area contributed by atoms with Crippen molar-refractivity contribution in [1.82, 2.24) is 9.80 Å². The van der Waals surface area contributed by atoms with E-state index in [1.807, 2.05) is 12.1 Å². The number of fused-ring (bicyclic) bond motifs is 3. The van der Waals surface area contributed by atoms with E-state index in [9.17, 15) is 9.59 Å². The van der Waals surface area contributed by atoms with E-state index >= 15 is 0 Å². The van der Waals surface area contributed by atoms with E-state index in [4.69, 9.17) is 0 Å². The molecule has 5 aliphatic rings. The summed E-state index contributed by atoms with van der Waals surface area (Å²) in [6.07, 6.45) is 3.81. The molecular weight excluding hydrogens is 288 g/mol. The van der Waals surface area contributed by atoms with Gasteiger partial charge in [-0.2, -0.15) is 0 Å². The molecule has 3 saturated heterocycles. The Kier molecular flexibility index (Phi) is 2.93. The lowest BCUT2D eigenvalue weighted by molar-refractivity contribution is -0.121. The zero-order valence-corrected chi connectivity index (χ0v) is 13.3. The van der Waals surface area contributed by atoms with Gasteiger partial charge in [0, 0.05) is 31.1 Å². The molecule has 0 N–H and O–H groups in total. The Morgan fingerprint density at radius 2 is 1.83 bits per heavy atom. The predicted octanol–water partition coefficient (Wildman–Crippen LogP) is 1.84. The minimum atomic E-state index is -0.0805. The molecule has 4 heterocycles. The summed E-state index contributed by atoms with van der Waals surface area (Å²) in [6, 6.07) is 6.31. The standard InChI is InChI=1S/C19H22N2O2/c22-17-5-4-13-2-1-3-14-18(13)15(17)10-21(19(14)23)16-11-20-8-6-12(16)7-9-20/h1-3,12,15-16H,4-11H2/t15-,16?/m0/s1. The first kappa shape index (κ1) is 13.7. The van der Waals surface area contributed by atoms with Gasteiger partial charge in [-0.05, 0) is 55.5 Å². The van der Waals surface area contributed by atoms with Gasteiger partial charge in [0.15, 0.2) is 0 Å². The van der Waals surface area contributed by atoms with Gasteiger partial charge in [0.25, 0.3) is 5.91 Å². The first-order valence-corrected chi connectivity index (χ1v) is 8.90. The molecule has 3 fully saturated rings. The van der Waals surface area contributed by atoms with Crippen LogP contribution in [0.1, 0.15) is 46.7 Å². The van der Waals surface area contributed by atoms with Crippen LogP contribution < -0.4 is 0 Å². The quantitative estimate of drug-likeness (QED) is 0.795. The SMILES string of the molecule is O=C1CCc2cccc3c2[C@H]1CN(C1CN2CCC1CC2)C3=O. The number of benzene rings is 1. The Bertz CT molecular complexity index is 691. The first-order chi connectivity index (χ1) is 11.2. The van der Waals surface area contributed by atoms with Crippen molar-refractivity contribution < 1.29 is 9.59 Å². The van der Waals surface area contributed by atoms with Crippen molar-refractivity contribution in [3.8, 4) is 0 Å². The molecular formula is C19H22N2O2. The number of piperidine rings is 3. The van der Waals surface area contributed by atoms with Crippen molar-refractivity contribution in [2.45, 2.75) is 37.6 Å². The van der Waals surface area contributed by atoms with E-state index < -0.39 is 0 Å². The third-order valence-electron chi connectivity index (χ3n) is 6.47. The second-order valence-electron chi connectivity index (χ2n) is 7.56. The molecule has 4 aliphatic heterocycles. The zero-order chi connectivity index (χ0) is 15.6. The molecule has 0 aromatic heterocycles. The molecule has 0 radical (unpaired) electrons. The molecule has 1 aromatic carbocycles. The van der Waals surface area contributed by atoms with Crippen LogP contribution in [0.25, 0.3) is 0 Å². The topological polar surface area (TPSA) is 40.6 Å². The number of ketones is 1. The van der Waals surface area contributed by atoms with Crippen LogP contribution in [-0.4, -0.2) is 53.7 Å². The van der Waals surface area contributed by atoms with Crippen molar-refractivity contribution >= 4 is 11.7 Å². The summed E-state index contributed by atoms with van der Waals surface area (Å²) in [5.41, 5.74) is 3.06. The number of hydrogen-bond acceptors (Lipinski definition) is 3. The highest BCUT2D eigenvalue weighted by atomic mass is 16.2. The molecule has 0 saturated carbocycles. The summed E-state index contributed by atoms with van der Waals surface area (Å²) in [5.74, 6) is 1.02. The number of Topliss-reactive ketones (excluding diaryl/α,β-unsaturated/α-hetero) is 1. The van der Waals surface area contributed by atoms with Crippen LogP contribution in [0.2, 0.25) is 0 Å². The summed E-state index contributed by atoms with van der Waals surface area (Å²) in [4.78, 5) is 30.2. The second kappa shape index (κ2) is 4.91. The molecule has 2 atom stereocenters. The number of carbonyl (C=O) groups is 2. The fourth-order valence-corrected chi connectivity index (χ4v) is 5.22. The van der Waals surface area contributed by atoms with E-state index in [1.165, 1.54) is 31.5 Å². The Labute approximate surface area is 136 Å². The summed E-state index contributed by atoms with van der Waals surface area (Å²) >= 11 is 0. The number of rotatable bonds is 1. The molecule has 1 unspecified atom stereocenters. The number of aryl methyl sites for hydroxylation is 1. The molecule has 2 bridgehead atoms. The minimum absolute atomic E-state index is 0.0805. The molecule has 1 aromatic rings. The van der Waals surface area contributed by atoms with E-state index in [0.717, 1.165) is 24.1 Å². The molecule has 1 aliphatic carbocycles. The van der Waals surface area contributed by atoms with Crippen molar-refractivity contribution in [2.24, 2.45) is 5.92 Å². The Morgan fingerprint density at radius 3 is 2.57 bits per heavy atom. The van der Waals surface area contributed by atoms with Gasteiger partial charge < -0.3 is 9.80 Å². The normalized spacial score (nSPS) is 35.4. The lowest BCUT2D eigenvalue weighted by atomic mass is 9.75. The minimum Gasteiger partial charge on any atom is -0.333 e. The van der Waals surface area contributed by atoms with Gasteiger partial charge in [0.1, 0.15) is 5.78 Å². The molecule has 4 nitrogen and oxygen atoms in total. The molecule has 4 heteroatoms. The van der Waals surface area contributed by atoms with Crippen molar-refractivity contribution in [1.29, 1.82) is 0 Å². The van der Waals surface area contributed by atoms with Crippen molar-refractivity contribution in [3.05, 3.63) is 34.9 Å². The lowest BCUT2D eigenvalue weighted by Gasteiger charge is -2.51. The summed E-state index contributed by atoms with van der Waals surface area (Å²) in [7, 11) is 0. The first-order valence-electron chi connectivity index (χ1n) is 8.90. The van der Waals surface area contributed by atoms with Crippen LogP contribution in [0.3, 0.4) is 0 Å². The predicted molar refractivity (Wildman–Crippen MR) is 86.5 cm³/mol. The van der Waals surface area contributed by atoms with Gasteiger partial charge >= 0.3 is 0 Å². The van der Waals surface area contributed by atoms with E-state index in [2.05, 4.69) is 15.9 Å². The maximum Gasteiger partial charge on any atom is 0.254 e. The van der Waals surface area contributed by atoms with E-state index in [-0.39, 0.29) is 11.8 Å². The Morgan fingerprint density at radius 1 is 1.00 bits per heavy atom. The average molecular weight is 310 g/mol. The van der Waals surface area contributed by atoms with Crippen LogP contribution >= 0.6 is 0 Å². The van der Waals surface area contributed by atoms with Gasteiger partial charge in [-0.25, -0.2) is 0 Å². The van der Waals surface area contributed by atoms with E-state index in [1.54, 1.807) is 0 Å². The summed E-state index contributed by atoms with van der Waals surface area (Å²) in [6.45, 7) is 3.95. The van der Waals surface area contributed by atoms with Gasteiger partial charge in [-0.3, -0.25) is 9.59 Å². The van der Waals surface area contributed by atoms with Gasteiger partial charge in [0.05, 0.1) is 5.92 Å². The van der Waals surface area contributed by atoms with Gasteiger partial charge in [0.2, 0.25) is 0 Å². The van der Waals surface area contributed by atoms with Gasteiger partial charge in [-0.1, -0.05) is 12.1 Å². The van der Waals surface area contributed by atoms with Crippen LogP contribution in [0.4, 0.5) is 0 Å². The summed E-state index contributed by atoms with van der Waals surface area (Å²) < 4.78 is 0. The maximum atomic E-state index is 13.1. The third kappa shape index (κ3) is 1.94. The number of nitrogens with zero attached hydrogens (tertiary/aromatic N) is 2. The highest BCUT2D eigenvalue weighted by molar-refractivity contribution is 6.02. The number of carbonyl (C=O) groups excluding carboxylic acids is 2. The molecule has 1 amide bonds. The Hall–Kier alpha value is -1.68. The molecule has 120 valence electrons. The molecule has 6 rings (SSSR count). The summed E-state index contributed by atoms with van der Waals surface area (Å²) in [5, 5.41) is 0. The van der Waals surface area contributed by atoms with Crippen LogP contribution in [-0.2, 0) is 11.2 Å². The zero-order valence-electron chi connectivity index (χ0n) is 13.3. The van der Waals surface area contributed by atoms with Crippen LogP contribution in [0.15, 0.2) is 18.2 Å². The average Bonchev–Trinajstić information content (AvgIpc) is 2.61. The van der Waals surface area contributed by atoms with Crippen LogP contribution in [0.5, 0.6) is 0 Å². The number of amides is 1. The smallest absolute Gasteiger partial charge is 0.254 e. The second-order valence-corrected chi connectivity index (χ2v) is 7.56. The van der Waals surface area contributed by atoms with Crippen molar-refractivity contribution in [2.75, 3.05) is 26.2 Å². The molecule has 23 heavy (non-hydrogen) atoms. The third-order valence-corrected chi connectivity index (χ3v) is 6.47. The Balaban J connectivity index is 1.56. The van der Waals surface area contributed by atoms with E-state index in [0.29, 0.717) is 30.7 Å². The van der Waals surface area contributed by atoms with Crippen molar-refractivity contribution in [3.63, 3.8) is 0 Å². The molecule has 0 spiro atoms. The monoisotopic (exact) mass is 310 g/mol. The fraction of sp³-hybridized carbons (Fsp3) is 0.579.